The summed E-state index contributed by atoms with van der Waals surface area (Å²) in [4.78, 5) is 21.5. The maximum absolute atomic E-state index is 14.4. The van der Waals surface area contributed by atoms with Crippen molar-refractivity contribution >= 4 is 22.8 Å². The highest BCUT2D eigenvalue weighted by molar-refractivity contribution is 6.02. The fraction of sp³-hybridized carbons (Fsp3) is 0.0455. The van der Waals surface area contributed by atoms with Gasteiger partial charge in [0.15, 0.2) is 5.82 Å². The monoisotopic (exact) mass is 373 g/mol. The minimum atomic E-state index is -0.612. The van der Waals surface area contributed by atoms with E-state index < -0.39 is 11.4 Å². The van der Waals surface area contributed by atoms with Crippen LogP contribution in [0.25, 0.3) is 16.5 Å². The topological polar surface area (TPSA) is 67.5 Å². The molecule has 0 saturated heterocycles. The average molecular weight is 373 g/mol. The standard InChI is InChI=1S/C22H16FN3O2/c1-14-7-6-12-24-20(14)25-13-17-15-8-2-3-9-16(15)21(27)26(22(17)28)19-11-5-4-10-18(19)23/h2-13,28H,1H3/b25-13+. The Balaban J connectivity index is 2.02. The lowest BCUT2D eigenvalue weighted by molar-refractivity contribution is 0.433. The average Bonchev–Trinajstić information content (AvgIpc) is 2.70. The molecule has 2 aromatic heterocycles. The molecule has 6 heteroatoms. The molecule has 0 unspecified atom stereocenters. The number of aromatic nitrogens is 2. The lowest BCUT2D eigenvalue weighted by atomic mass is 10.1. The highest BCUT2D eigenvalue weighted by Gasteiger charge is 2.18. The first-order valence-corrected chi connectivity index (χ1v) is 8.65. The van der Waals surface area contributed by atoms with Crippen molar-refractivity contribution in [2.45, 2.75) is 6.92 Å². The largest absolute Gasteiger partial charge is 0.494 e. The van der Waals surface area contributed by atoms with Crippen LogP contribution in [0.1, 0.15) is 11.1 Å². The highest BCUT2D eigenvalue weighted by atomic mass is 19.1. The summed E-state index contributed by atoms with van der Waals surface area (Å²) in [6, 6.07) is 16.3. The molecule has 138 valence electrons. The third-order valence-electron chi connectivity index (χ3n) is 4.49. The summed E-state index contributed by atoms with van der Waals surface area (Å²) >= 11 is 0. The van der Waals surface area contributed by atoms with Crippen LogP contribution in [0.2, 0.25) is 0 Å². The first-order valence-electron chi connectivity index (χ1n) is 8.65. The summed E-state index contributed by atoms with van der Waals surface area (Å²) in [5.41, 5.74) is 0.636. The van der Waals surface area contributed by atoms with Crippen LogP contribution in [0.5, 0.6) is 5.88 Å². The van der Waals surface area contributed by atoms with E-state index in [-0.39, 0.29) is 11.6 Å². The number of fused-ring (bicyclic) bond motifs is 1. The van der Waals surface area contributed by atoms with E-state index in [9.17, 15) is 14.3 Å². The van der Waals surface area contributed by atoms with Gasteiger partial charge in [-0.15, -0.1) is 0 Å². The van der Waals surface area contributed by atoms with E-state index in [0.29, 0.717) is 22.2 Å². The molecule has 0 amide bonds. The van der Waals surface area contributed by atoms with Gasteiger partial charge in [-0.05, 0) is 36.8 Å². The minimum absolute atomic E-state index is 0.0283. The van der Waals surface area contributed by atoms with E-state index in [1.165, 1.54) is 24.4 Å². The van der Waals surface area contributed by atoms with Gasteiger partial charge in [0.1, 0.15) is 5.82 Å². The zero-order valence-corrected chi connectivity index (χ0v) is 15.0. The SMILES string of the molecule is Cc1cccnc1/N=C/c1c(O)n(-c2ccccc2F)c(=O)c2ccccc12. The van der Waals surface area contributed by atoms with Crippen molar-refractivity contribution in [1.82, 2.24) is 9.55 Å². The van der Waals surface area contributed by atoms with Crippen LogP contribution in [0.15, 0.2) is 76.6 Å². The van der Waals surface area contributed by atoms with E-state index >= 15 is 0 Å². The summed E-state index contributed by atoms with van der Waals surface area (Å²) in [7, 11) is 0. The molecule has 4 rings (SSSR count). The Hall–Kier alpha value is -3.80. The van der Waals surface area contributed by atoms with E-state index in [2.05, 4.69) is 9.98 Å². The molecule has 0 spiro atoms. The lowest BCUT2D eigenvalue weighted by Gasteiger charge is -2.14. The number of nitrogens with zero attached hydrogens (tertiary/aromatic N) is 3. The van der Waals surface area contributed by atoms with Crippen LogP contribution in [0.4, 0.5) is 10.2 Å². The predicted molar refractivity (Wildman–Crippen MR) is 107 cm³/mol. The number of halogens is 1. The number of para-hydroxylation sites is 1. The molecule has 0 bridgehead atoms. The predicted octanol–water partition coefficient (Wildman–Crippen LogP) is 4.29. The number of pyridine rings is 2. The summed E-state index contributed by atoms with van der Waals surface area (Å²) < 4.78 is 15.3. The van der Waals surface area contributed by atoms with Crippen molar-refractivity contribution in [3.8, 4) is 11.6 Å². The summed E-state index contributed by atoms with van der Waals surface area (Å²) in [6.45, 7) is 1.87. The van der Waals surface area contributed by atoms with Crippen molar-refractivity contribution in [2.75, 3.05) is 0 Å². The quantitative estimate of drug-likeness (QED) is 0.545. The maximum atomic E-state index is 14.4. The van der Waals surface area contributed by atoms with E-state index in [1.807, 2.05) is 13.0 Å². The number of aromatic hydroxyl groups is 1. The Morgan fingerprint density at radius 3 is 2.50 bits per heavy atom. The first kappa shape index (κ1) is 17.6. The van der Waals surface area contributed by atoms with E-state index in [4.69, 9.17) is 0 Å². The Labute approximate surface area is 160 Å². The third-order valence-corrected chi connectivity index (χ3v) is 4.49. The molecule has 0 saturated carbocycles. The van der Waals surface area contributed by atoms with Gasteiger partial charge in [-0.1, -0.05) is 36.4 Å². The number of aryl methyl sites for hydroxylation is 1. The molecule has 0 aliphatic rings. The van der Waals surface area contributed by atoms with Crippen LogP contribution < -0.4 is 5.56 Å². The molecule has 0 aliphatic heterocycles. The summed E-state index contributed by atoms with van der Waals surface area (Å²) in [6.07, 6.45) is 3.07. The normalized spacial score (nSPS) is 11.4. The number of benzene rings is 2. The Morgan fingerprint density at radius 2 is 1.75 bits per heavy atom. The first-order chi connectivity index (χ1) is 13.6. The Morgan fingerprint density at radius 1 is 1.04 bits per heavy atom. The molecule has 2 aromatic carbocycles. The molecule has 1 N–H and O–H groups in total. The zero-order chi connectivity index (χ0) is 19.7. The van der Waals surface area contributed by atoms with E-state index in [1.54, 1.807) is 42.6 Å². The van der Waals surface area contributed by atoms with Crippen LogP contribution in [-0.2, 0) is 0 Å². The van der Waals surface area contributed by atoms with Gasteiger partial charge < -0.3 is 5.11 Å². The molecule has 0 aliphatic carbocycles. The smallest absolute Gasteiger partial charge is 0.265 e. The van der Waals surface area contributed by atoms with Gasteiger partial charge in [0.25, 0.3) is 5.56 Å². The molecule has 0 radical (unpaired) electrons. The molecule has 5 nitrogen and oxygen atoms in total. The molecular formula is C22H16FN3O2. The molecule has 28 heavy (non-hydrogen) atoms. The molecule has 4 aromatic rings. The van der Waals surface area contributed by atoms with E-state index in [0.717, 1.165) is 10.1 Å². The van der Waals surface area contributed by atoms with Crippen molar-refractivity contribution in [1.29, 1.82) is 0 Å². The van der Waals surface area contributed by atoms with Gasteiger partial charge in [-0.3, -0.25) is 4.79 Å². The van der Waals surface area contributed by atoms with Crippen molar-refractivity contribution in [2.24, 2.45) is 4.99 Å². The van der Waals surface area contributed by atoms with Gasteiger partial charge in [0.2, 0.25) is 5.88 Å². The van der Waals surface area contributed by atoms with Gasteiger partial charge in [-0.25, -0.2) is 18.9 Å². The third kappa shape index (κ3) is 2.95. The van der Waals surface area contributed by atoms with Crippen LogP contribution in [0.3, 0.4) is 0 Å². The molecular weight excluding hydrogens is 357 g/mol. The number of hydrogen-bond donors (Lipinski definition) is 1. The van der Waals surface area contributed by atoms with Gasteiger partial charge in [0.05, 0.1) is 11.3 Å². The second kappa shape index (κ2) is 7.08. The number of rotatable bonds is 3. The minimum Gasteiger partial charge on any atom is -0.494 e. The van der Waals surface area contributed by atoms with Crippen LogP contribution in [0, 0.1) is 12.7 Å². The van der Waals surface area contributed by atoms with Crippen LogP contribution >= 0.6 is 0 Å². The maximum Gasteiger partial charge on any atom is 0.265 e. The van der Waals surface area contributed by atoms with Crippen molar-refractivity contribution in [3.63, 3.8) is 0 Å². The lowest BCUT2D eigenvalue weighted by Crippen LogP contribution is -2.21. The van der Waals surface area contributed by atoms with Crippen molar-refractivity contribution < 1.29 is 9.50 Å². The summed E-state index contributed by atoms with van der Waals surface area (Å²) in [5.74, 6) is -0.501. The Kier molecular flexibility index (Phi) is 4.45. The second-order valence-corrected chi connectivity index (χ2v) is 6.28. The highest BCUT2D eigenvalue weighted by Crippen LogP contribution is 2.27. The van der Waals surface area contributed by atoms with Gasteiger partial charge >= 0.3 is 0 Å². The van der Waals surface area contributed by atoms with Gasteiger partial charge in [0, 0.05) is 23.2 Å². The number of aliphatic imine (C=N–C) groups is 1. The Bertz CT molecular complexity index is 1280. The zero-order valence-electron chi connectivity index (χ0n) is 15.0. The fourth-order valence-corrected chi connectivity index (χ4v) is 3.08. The molecule has 2 heterocycles. The van der Waals surface area contributed by atoms with Crippen molar-refractivity contribution in [3.05, 3.63) is 94.2 Å². The fourth-order valence-electron chi connectivity index (χ4n) is 3.08. The van der Waals surface area contributed by atoms with Crippen LogP contribution in [-0.4, -0.2) is 20.9 Å². The second-order valence-electron chi connectivity index (χ2n) is 6.28. The molecule has 0 atom stereocenters. The number of hydrogen-bond acceptors (Lipinski definition) is 4. The van der Waals surface area contributed by atoms with Gasteiger partial charge in [-0.2, -0.15) is 0 Å². The summed E-state index contributed by atoms with van der Waals surface area (Å²) in [5, 5.41) is 11.8. The molecule has 0 fully saturated rings.